The van der Waals surface area contributed by atoms with E-state index in [9.17, 15) is 26.3 Å². The van der Waals surface area contributed by atoms with Crippen LogP contribution >= 0.6 is 0 Å². The maximum Gasteiger partial charge on any atom is 0.416 e. The van der Waals surface area contributed by atoms with Crippen LogP contribution in [-0.4, -0.2) is 55.6 Å². The van der Waals surface area contributed by atoms with Gasteiger partial charge in [0.05, 0.1) is 17.5 Å². The summed E-state index contributed by atoms with van der Waals surface area (Å²) in [6, 6.07) is 2.61. The summed E-state index contributed by atoms with van der Waals surface area (Å²) in [5.74, 6) is 1.18. The molecule has 0 radical (unpaired) electrons. The van der Waals surface area contributed by atoms with Crippen molar-refractivity contribution in [2.45, 2.75) is 107 Å². The molecule has 4 N–H and O–H groups in total. The zero-order valence-electron chi connectivity index (χ0n) is 24.4. The molecule has 240 valence electrons. The Morgan fingerprint density at radius 3 is 2.00 bits per heavy atom. The molecule has 1 aromatic carbocycles. The van der Waals surface area contributed by atoms with Crippen LogP contribution in [0.5, 0.6) is 0 Å². The number of alkyl halides is 6. The fraction of sp³-hybridized carbons (Fsp3) is 0.633. The number of nitrogens with zero attached hydrogens (tertiary/aromatic N) is 5. The molecule has 0 amide bonds. The summed E-state index contributed by atoms with van der Waals surface area (Å²) in [7, 11) is 0. The molecule has 0 atom stereocenters. The summed E-state index contributed by atoms with van der Waals surface area (Å²) in [4.78, 5) is 16.3. The van der Waals surface area contributed by atoms with Gasteiger partial charge >= 0.3 is 12.4 Å². The van der Waals surface area contributed by atoms with Crippen LogP contribution in [0.15, 0.2) is 24.5 Å². The molecule has 0 unspecified atom stereocenters. The first-order valence-electron chi connectivity index (χ1n) is 15.5. The number of benzene rings is 1. The van der Waals surface area contributed by atoms with Gasteiger partial charge < -0.3 is 20.9 Å². The Hall–Kier alpha value is -3.13. The lowest BCUT2D eigenvalue weighted by Gasteiger charge is -2.32. The lowest BCUT2D eigenvalue weighted by Crippen LogP contribution is -2.39. The van der Waals surface area contributed by atoms with Crippen LogP contribution in [-0.2, 0) is 18.9 Å². The second-order valence-electron chi connectivity index (χ2n) is 12.5. The van der Waals surface area contributed by atoms with E-state index < -0.39 is 23.5 Å². The molecule has 3 fully saturated rings. The number of hydrogen-bond donors (Lipinski definition) is 3. The molecule has 1 saturated heterocycles. The Bertz CT molecular complexity index is 1400. The molecular weight excluding hydrogens is 586 g/mol. The van der Waals surface area contributed by atoms with Gasteiger partial charge in [-0.05, 0) is 75.1 Å². The van der Waals surface area contributed by atoms with Crippen LogP contribution in [0.4, 0.5) is 38.1 Å². The van der Waals surface area contributed by atoms with Crippen LogP contribution < -0.4 is 16.4 Å². The van der Waals surface area contributed by atoms with Crippen LogP contribution in [0.3, 0.4) is 0 Å². The minimum atomic E-state index is -4.86. The Morgan fingerprint density at radius 1 is 0.773 bits per heavy atom. The molecule has 2 aromatic heterocycles. The first-order chi connectivity index (χ1) is 20.9. The SMILES string of the molecule is NC1CCC(Nc2nc(NC3CCN(Cc4cc(C(F)(F)F)cc(C(F)(F)F)c4)CC3)nc3c2ncn3C2CCCC2)CC1. The number of anilines is 2. The molecule has 8 nitrogen and oxygen atoms in total. The van der Waals surface area contributed by atoms with E-state index in [0.717, 1.165) is 61.8 Å². The number of aromatic nitrogens is 4. The third-order valence-corrected chi connectivity index (χ3v) is 9.23. The molecule has 3 aromatic rings. The third kappa shape index (κ3) is 7.06. The van der Waals surface area contributed by atoms with Crippen molar-refractivity contribution in [1.82, 2.24) is 24.4 Å². The normalized spacial score (nSPS) is 23.0. The average Bonchev–Trinajstić information content (AvgIpc) is 3.65. The largest absolute Gasteiger partial charge is 0.416 e. The number of likely N-dealkylation sites (tertiary alicyclic amines) is 1. The number of hydrogen-bond acceptors (Lipinski definition) is 7. The maximum atomic E-state index is 13.3. The molecule has 2 saturated carbocycles. The van der Waals surface area contributed by atoms with Gasteiger partial charge in [-0.2, -0.15) is 36.3 Å². The highest BCUT2D eigenvalue weighted by Crippen LogP contribution is 2.37. The standard InChI is InChI=1S/C30H38F6N8/c31-29(32,33)19-13-18(14-20(15-19)30(34,35)36)16-43-11-9-23(10-12-43)40-28-41-26(39-22-7-5-21(37)6-8-22)25-27(42-28)44(17-38-25)24-3-1-2-4-24/h13-15,17,21-24H,1-12,16,37H2,(H2,39,40,41,42). The maximum absolute atomic E-state index is 13.3. The summed E-state index contributed by atoms with van der Waals surface area (Å²) < 4.78 is 82.1. The van der Waals surface area contributed by atoms with Crippen LogP contribution in [0, 0.1) is 0 Å². The predicted octanol–water partition coefficient (Wildman–Crippen LogP) is 6.74. The van der Waals surface area contributed by atoms with Gasteiger partial charge in [-0.25, -0.2) is 4.98 Å². The van der Waals surface area contributed by atoms with Crippen LogP contribution in [0.25, 0.3) is 11.2 Å². The summed E-state index contributed by atoms with van der Waals surface area (Å²) in [5, 5.41) is 7.06. The zero-order valence-corrected chi connectivity index (χ0v) is 24.4. The number of piperidine rings is 1. The molecule has 3 aliphatic rings. The highest BCUT2D eigenvalue weighted by atomic mass is 19.4. The fourth-order valence-corrected chi connectivity index (χ4v) is 6.78. The van der Waals surface area contributed by atoms with Gasteiger partial charge in [-0.1, -0.05) is 12.8 Å². The van der Waals surface area contributed by atoms with E-state index in [-0.39, 0.29) is 36.3 Å². The Morgan fingerprint density at radius 2 is 1.39 bits per heavy atom. The Balaban J connectivity index is 1.16. The molecule has 1 aliphatic heterocycles. The van der Waals surface area contributed by atoms with Crippen molar-refractivity contribution in [1.29, 1.82) is 0 Å². The molecule has 6 rings (SSSR count). The van der Waals surface area contributed by atoms with E-state index >= 15 is 0 Å². The van der Waals surface area contributed by atoms with Gasteiger partial charge in [0.2, 0.25) is 5.95 Å². The van der Waals surface area contributed by atoms with E-state index in [1.807, 2.05) is 11.2 Å². The lowest BCUT2D eigenvalue weighted by molar-refractivity contribution is -0.143. The first-order valence-corrected chi connectivity index (χ1v) is 15.5. The quantitative estimate of drug-likeness (QED) is 0.251. The summed E-state index contributed by atoms with van der Waals surface area (Å²) in [6.45, 7) is 1.01. The molecule has 3 heterocycles. The summed E-state index contributed by atoms with van der Waals surface area (Å²) in [6.07, 6.45) is 1.71. The number of rotatable bonds is 7. The minimum Gasteiger partial charge on any atom is -0.365 e. The van der Waals surface area contributed by atoms with Crippen molar-refractivity contribution >= 4 is 22.9 Å². The Labute approximate surface area is 251 Å². The molecular formula is C30H38F6N8. The van der Waals surface area contributed by atoms with Crippen molar-refractivity contribution in [3.05, 3.63) is 41.2 Å². The summed E-state index contributed by atoms with van der Waals surface area (Å²) >= 11 is 0. The van der Waals surface area contributed by atoms with Gasteiger partial charge in [0.1, 0.15) is 0 Å². The van der Waals surface area contributed by atoms with Gasteiger partial charge in [-0.15, -0.1) is 0 Å². The van der Waals surface area contributed by atoms with Crippen molar-refractivity contribution in [3.8, 4) is 0 Å². The van der Waals surface area contributed by atoms with E-state index in [1.54, 1.807) is 0 Å². The number of nitrogens with one attached hydrogen (secondary N) is 2. The fourth-order valence-electron chi connectivity index (χ4n) is 6.78. The zero-order chi connectivity index (χ0) is 31.1. The smallest absolute Gasteiger partial charge is 0.365 e. The highest BCUT2D eigenvalue weighted by molar-refractivity contribution is 5.84. The monoisotopic (exact) mass is 624 g/mol. The molecule has 0 bridgehead atoms. The number of halogens is 6. The second kappa shape index (κ2) is 12.3. The first kappa shape index (κ1) is 30.9. The number of imidazole rings is 1. The molecule has 0 spiro atoms. The van der Waals surface area contributed by atoms with Crippen molar-refractivity contribution in [2.24, 2.45) is 5.73 Å². The molecule has 44 heavy (non-hydrogen) atoms. The number of fused-ring (bicyclic) bond motifs is 1. The van der Waals surface area contributed by atoms with Gasteiger partial charge in [0.15, 0.2) is 17.0 Å². The van der Waals surface area contributed by atoms with Gasteiger partial charge in [-0.3, -0.25) is 4.90 Å². The van der Waals surface area contributed by atoms with Crippen molar-refractivity contribution < 1.29 is 26.3 Å². The van der Waals surface area contributed by atoms with E-state index in [0.29, 0.717) is 43.7 Å². The topological polar surface area (TPSA) is 96.9 Å². The van der Waals surface area contributed by atoms with E-state index in [2.05, 4.69) is 15.2 Å². The third-order valence-electron chi connectivity index (χ3n) is 9.23. The Kier molecular flexibility index (Phi) is 8.66. The van der Waals surface area contributed by atoms with Crippen LogP contribution in [0.1, 0.15) is 86.9 Å². The molecule has 14 heteroatoms. The summed E-state index contributed by atoms with van der Waals surface area (Å²) in [5.41, 5.74) is 5.05. The van der Waals surface area contributed by atoms with Crippen LogP contribution in [0.2, 0.25) is 0 Å². The minimum absolute atomic E-state index is 0.000624. The van der Waals surface area contributed by atoms with E-state index in [1.165, 1.54) is 12.8 Å². The van der Waals surface area contributed by atoms with Crippen molar-refractivity contribution in [3.63, 3.8) is 0 Å². The second-order valence-corrected chi connectivity index (χ2v) is 12.5. The predicted molar refractivity (Wildman–Crippen MR) is 155 cm³/mol. The highest BCUT2D eigenvalue weighted by Gasteiger charge is 2.37. The number of nitrogens with two attached hydrogens (primary N) is 1. The van der Waals surface area contributed by atoms with Crippen molar-refractivity contribution in [2.75, 3.05) is 23.7 Å². The lowest BCUT2D eigenvalue weighted by atomic mass is 9.92. The average molecular weight is 625 g/mol. The van der Waals surface area contributed by atoms with Gasteiger partial charge in [0.25, 0.3) is 0 Å². The van der Waals surface area contributed by atoms with E-state index in [4.69, 9.17) is 20.7 Å². The molecule has 2 aliphatic carbocycles. The van der Waals surface area contributed by atoms with Gasteiger partial charge in [0, 0.05) is 43.8 Å².